The lowest BCUT2D eigenvalue weighted by Gasteiger charge is -2.22. The largest absolute Gasteiger partial charge is 0.379 e. The molecule has 2 atom stereocenters. The Bertz CT molecular complexity index is 147. The minimum absolute atomic E-state index is 0.0285. The van der Waals surface area contributed by atoms with Gasteiger partial charge in [0.1, 0.15) is 6.23 Å². The highest BCUT2D eigenvalue weighted by Gasteiger charge is 2.22. The van der Waals surface area contributed by atoms with Gasteiger partial charge in [0.25, 0.3) is 0 Å². The minimum Gasteiger partial charge on any atom is -0.379 e. The van der Waals surface area contributed by atoms with Crippen molar-refractivity contribution < 1.29 is 9.90 Å². The molecule has 0 aromatic heterocycles. The summed E-state index contributed by atoms with van der Waals surface area (Å²) in [5.41, 5.74) is 5.16. The SMILES string of the molecule is NC(O)C[C@@H]1CCCNC1=O. The number of carbonyl (C=O) groups is 1. The standard InChI is InChI=1S/C7H14N2O2/c8-6(10)4-5-2-1-3-9-7(5)11/h5-6,10H,1-4,8H2,(H,9,11)/t5-,6?/m0/s1. The van der Waals surface area contributed by atoms with Crippen LogP contribution in [0.3, 0.4) is 0 Å². The molecule has 1 aliphatic rings. The number of rotatable bonds is 2. The van der Waals surface area contributed by atoms with Crippen molar-refractivity contribution in [3.63, 3.8) is 0 Å². The molecule has 1 aliphatic heterocycles. The maximum atomic E-state index is 11.1. The molecular weight excluding hydrogens is 144 g/mol. The Hall–Kier alpha value is -0.610. The maximum absolute atomic E-state index is 11.1. The van der Waals surface area contributed by atoms with Crippen LogP contribution in [0.1, 0.15) is 19.3 Å². The van der Waals surface area contributed by atoms with Crippen LogP contribution in [-0.2, 0) is 4.79 Å². The number of nitrogens with one attached hydrogen (secondary N) is 1. The molecule has 4 heteroatoms. The summed E-state index contributed by atoms with van der Waals surface area (Å²) >= 11 is 0. The van der Waals surface area contributed by atoms with Gasteiger partial charge in [0.05, 0.1) is 0 Å². The van der Waals surface area contributed by atoms with Gasteiger partial charge < -0.3 is 16.2 Å². The molecular formula is C7H14N2O2. The zero-order valence-electron chi connectivity index (χ0n) is 6.42. The van der Waals surface area contributed by atoms with Crippen molar-refractivity contribution in [2.24, 2.45) is 11.7 Å². The first-order chi connectivity index (χ1) is 5.20. The lowest BCUT2D eigenvalue weighted by molar-refractivity contribution is -0.127. The first kappa shape index (κ1) is 8.49. The Morgan fingerprint density at radius 1 is 1.82 bits per heavy atom. The molecule has 0 aromatic rings. The normalized spacial score (nSPS) is 27.8. The van der Waals surface area contributed by atoms with E-state index in [9.17, 15) is 4.79 Å². The topological polar surface area (TPSA) is 75.3 Å². The molecule has 0 bridgehead atoms. The smallest absolute Gasteiger partial charge is 0.223 e. The quantitative estimate of drug-likeness (QED) is 0.460. The molecule has 11 heavy (non-hydrogen) atoms. The molecule has 4 nitrogen and oxygen atoms in total. The highest BCUT2D eigenvalue weighted by molar-refractivity contribution is 5.79. The van der Waals surface area contributed by atoms with Crippen molar-refractivity contribution in [2.75, 3.05) is 6.54 Å². The summed E-state index contributed by atoms with van der Waals surface area (Å²) in [7, 11) is 0. The highest BCUT2D eigenvalue weighted by atomic mass is 16.3. The predicted molar refractivity (Wildman–Crippen MR) is 40.5 cm³/mol. The summed E-state index contributed by atoms with van der Waals surface area (Å²) in [4.78, 5) is 11.1. The van der Waals surface area contributed by atoms with Crippen molar-refractivity contribution in [1.82, 2.24) is 5.32 Å². The summed E-state index contributed by atoms with van der Waals surface area (Å²) in [6.45, 7) is 0.760. The Labute approximate surface area is 65.8 Å². The van der Waals surface area contributed by atoms with Crippen LogP contribution in [0.4, 0.5) is 0 Å². The summed E-state index contributed by atoms with van der Waals surface area (Å²) in [5.74, 6) is -0.0514. The molecule has 1 rings (SSSR count). The second-order valence-corrected chi connectivity index (χ2v) is 2.93. The van der Waals surface area contributed by atoms with E-state index in [1.165, 1.54) is 0 Å². The van der Waals surface area contributed by atoms with Crippen LogP contribution in [0.25, 0.3) is 0 Å². The van der Waals surface area contributed by atoms with Gasteiger partial charge >= 0.3 is 0 Å². The third-order valence-corrected chi connectivity index (χ3v) is 1.93. The summed E-state index contributed by atoms with van der Waals surface area (Å²) in [6, 6.07) is 0. The number of nitrogens with two attached hydrogens (primary N) is 1. The zero-order valence-corrected chi connectivity index (χ0v) is 6.42. The van der Waals surface area contributed by atoms with E-state index in [-0.39, 0.29) is 11.8 Å². The summed E-state index contributed by atoms with van der Waals surface area (Å²) < 4.78 is 0. The van der Waals surface area contributed by atoms with Gasteiger partial charge in [-0.05, 0) is 19.3 Å². The summed E-state index contributed by atoms with van der Waals surface area (Å²) in [6.07, 6.45) is 1.36. The zero-order chi connectivity index (χ0) is 8.27. The number of piperidine rings is 1. The molecule has 1 saturated heterocycles. The molecule has 1 unspecified atom stereocenters. The molecule has 64 valence electrons. The van der Waals surface area contributed by atoms with Gasteiger partial charge in [-0.1, -0.05) is 0 Å². The van der Waals surface area contributed by atoms with Crippen LogP contribution in [-0.4, -0.2) is 23.8 Å². The van der Waals surface area contributed by atoms with Crippen LogP contribution in [0.15, 0.2) is 0 Å². The number of hydrogen-bond acceptors (Lipinski definition) is 3. The Balaban J connectivity index is 2.36. The Morgan fingerprint density at radius 3 is 3.09 bits per heavy atom. The van der Waals surface area contributed by atoms with E-state index in [1.807, 2.05) is 0 Å². The second-order valence-electron chi connectivity index (χ2n) is 2.93. The van der Waals surface area contributed by atoms with Crippen LogP contribution in [0, 0.1) is 5.92 Å². The number of aliphatic hydroxyl groups is 1. The van der Waals surface area contributed by atoms with Crippen molar-refractivity contribution in [3.05, 3.63) is 0 Å². The maximum Gasteiger partial charge on any atom is 0.223 e. The third kappa shape index (κ3) is 2.48. The lowest BCUT2D eigenvalue weighted by Crippen LogP contribution is -2.39. The molecule has 0 spiro atoms. The Kier molecular flexibility index (Phi) is 2.84. The van der Waals surface area contributed by atoms with Crippen LogP contribution in [0.5, 0.6) is 0 Å². The molecule has 1 amide bonds. The predicted octanol–water partition coefficient (Wildman–Crippen LogP) is -0.820. The molecule has 4 N–H and O–H groups in total. The highest BCUT2D eigenvalue weighted by Crippen LogP contribution is 2.15. The van der Waals surface area contributed by atoms with E-state index >= 15 is 0 Å². The van der Waals surface area contributed by atoms with E-state index in [0.29, 0.717) is 6.42 Å². The van der Waals surface area contributed by atoms with E-state index in [2.05, 4.69) is 5.32 Å². The number of hydrogen-bond donors (Lipinski definition) is 3. The number of carbonyl (C=O) groups excluding carboxylic acids is 1. The van der Waals surface area contributed by atoms with Gasteiger partial charge in [-0.2, -0.15) is 0 Å². The van der Waals surface area contributed by atoms with E-state index in [0.717, 1.165) is 19.4 Å². The van der Waals surface area contributed by atoms with Crippen molar-refractivity contribution in [3.8, 4) is 0 Å². The Morgan fingerprint density at radius 2 is 2.55 bits per heavy atom. The fourth-order valence-corrected chi connectivity index (χ4v) is 1.35. The van der Waals surface area contributed by atoms with Gasteiger partial charge in [-0.3, -0.25) is 4.79 Å². The third-order valence-electron chi connectivity index (χ3n) is 1.93. The van der Waals surface area contributed by atoms with Crippen LogP contribution < -0.4 is 11.1 Å². The van der Waals surface area contributed by atoms with Gasteiger partial charge in [-0.15, -0.1) is 0 Å². The van der Waals surface area contributed by atoms with Gasteiger partial charge in [-0.25, -0.2) is 0 Å². The van der Waals surface area contributed by atoms with Gasteiger partial charge in [0, 0.05) is 12.5 Å². The second kappa shape index (κ2) is 3.69. The van der Waals surface area contributed by atoms with E-state index in [1.54, 1.807) is 0 Å². The number of amides is 1. The van der Waals surface area contributed by atoms with Gasteiger partial charge in [0.2, 0.25) is 5.91 Å². The van der Waals surface area contributed by atoms with Crippen LogP contribution in [0.2, 0.25) is 0 Å². The molecule has 0 saturated carbocycles. The van der Waals surface area contributed by atoms with Crippen molar-refractivity contribution in [1.29, 1.82) is 0 Å². The molecule has 1 heterocycles. The average Bonchev–Trinajstić information content (AvgIpc) is 1.93. The molecule has 0 aliphatic carbocycles. The van der Waals surface area contributed by atoms with Crippen molar-refractivity contribution in [2.45, 2.75) is 25.5 Å². The fourth-order valence-electron chi connectivity index (χ4n) is 1.35. The van der Waals surface area contributed by atoms with E-state index in [4.69, 9.17) is 10.8 Å². The molecule has 0 aromatic carbocycles. The molecule has 0 radical (unpaired) electrons. The van der Waals surface area contributed by atoms with E-state index < -0.39 is 6.23 Å². The van der Waals surface area contributed by atoms with Crippen LogP contribution >= 0.6 is 0 Å². The number of aliphatic hydroxyl groups excluding tert-OH is 1. The fraction of sp³-hybridized carbons (Fsp3) is 0.857. The summed E-state index contributed by atoms with van der Waals surface area (Å²) in [5, 5.41) is 11.6. The lowest BCUT2D eigenvalue weighted by atomic mass is 9.95. The first-order valence-electron chi connectivity index (χ1n) is 3.91. The first-order valence-corrected chi connectivity index (χ1v) is 3.91. The average molecular weight is 158 g/mol. The molecule has 1 fully saturated rings. The van der Waals surface area contributed by atoms with Crippen molar-refractivity contribution >= 4 is 5.91 Å². The van der Waals surface area contributed by atoms with Gasteiger partial charge in [0.15, 0.2) is 0 Å². The monoisotopic (exact) mass is 158 g/mol. The minimum atomic E-state index is -0.858.